The molecule has 1 amide bonds. The van der Waals surface area contributed by atoms with Gasteiger partial charge in [0, 0.05) is 39.3 Å². The molecule has 136 valence electrons. The van der Waals surface area contributed by atoms with Gasteiger partial charge in [-0.15, -0.1) is 5.10 Å². The number of hydrogen-bond acceptors (Lipinski definition) is 5. The fourth-order valence-corrected chi connectivity index (χ4v) is 3.61. The summed E-state index contributed by atoms with van der Waals surface area (Å²) in [5.74, 6) is 0.381. The van der Waals surface area contributed by atoms with Gasteiger partial charge in [0.1, 0.15) is 6.04 Å². The van der Waals surface area contributed by atoms with E-state index in [-0.39, 0.29) is 0 Å². The maximum Gasteiger partial charge on any atom is 0.248 e. The van der Waals surface area contributed by atoms with E-state index in [9.17, 15) is 4.79 Å². The van der Waals surface area contributed by atoms with E-state index in [1.807, 2.05) is 6.07 Å². The number of anilines is 1. The SMILES string of the molecule is CC1=C(C(N)=O)C(c2ccc(Cl)cc2Cl)n2nc(-c3cccnc3)nc2N1. The number of primary amides is 1. The fourth-order valence-electron chi connectivity index (χ4n) is 3.10. The maximum atomic E-state index is 12.2. The van der Waals surface area contributed by atoms with Crippen molar-refractivity contribution < 1.29 is 4.79 Å². The van der Waals surface area contributed by atoms with Gasteiger partial charge in [-0.25, -0.2) is 4.68 Å². The molecule has 0 radical (unpaired) electrons. The molecule has 0 spiro atoms. The summed E-state index contributed by atoms with van der Waals surface area (Å²) in [7, 11) is 0. The van der Waals surface area contributed by atoms with Gasteiger partial charge in [0.25, 0.3) is 0 Å². The van der Waals surface area contributed by atoms with Crippen molar-refractivity contribution in [2.45, 2.75) is 13.0 Å². The first-order chi connectivity index (χ1) is 13.0. The molecule has 0 saturated carbocycles. The molecule has 1 aliphatic rings. The summed E-state index contributed by atoms with van der Waals surface area (Å²) in [5.41, 5.74) is 8.02. The zero-order valence-electron chi connectivity index (χ0n) is 14.1. The highest BCUT2D eigenvalue weighted by Crippen LogP contribution is 2.39. The zero-order valence-corrected chi connectivity index (χ0v) is 15.7. The number of pyridine rings is 1. The van der Waals surface area contributed by atoms with Crippen LogP contribution in [0.5, 0.6) is 0 Å². The molecule has 1 unspecified atom stereocenters. The Labute approximate surface area is 164 Å². The van der Waals surface area contributed by atoms with E-state index in [1.54, 1.807) is 48.3 Å². The van der Waals surface area contributed by atoms with E-state index in [1.165, 1.54) is 0 Å². The van der Waals surface area contributed by atoms with Gasteiger partial charge in [-0.05, 0) is 31.2 Å². The molecule has 1 aliphatic heterocycles. The summed E-state index contributed by atoms with van der Waals surface area (Å²) in [5, 5.41) is 8.57. The predicted octanol–water partition coefficient (Wildman–Crippen LogP) is 3.42. The van der Waals surface area contributed by atoms with Crippen LogP contribution in [0, 0.1) is 0 Å². The van der Waals surface area contributed by atoms with Crippen LogP contribution in [-0.2, 0) is 4.79 Å². The molecular formula is C18H14Cl2N6O. The van der Waals surface area contributed by atoms with Gasteiger partial charge in [0.2, 0.25) is 11.9 Å². The normalized spacial score (nSPS) is 16.0. The Hall–Kier alpha value is -2.90. The Bertz CT molecular complexity index is 1080. The van der Waals surface area contributed by atoms with Crippen molar-refractivity contribution in [3.8, 4) is 11.4 Å². The summed E-state index contributed by atoms with van der Waals surface area (Å²) in [4.78, 5) is 20.8. The average Bonchev–Trinajstić information content (AvgIpc) is 3.05. The predicted molar refractivity (Wildman–Crippen MR) is 103 cm³/mol. The number of nitrogens with one attached hydrogen (secondary N) is 1. The lowest BCUT2D eigenvalue weighted by Crippen LogP contribution is -2.32. The first-order valence-electron chi connectivity index (χ1n) is 8.05. The van der Waals surface area contributed by atoms with Gasteiger partial charge in [-0.1, -0.05) is 29.3 Å². The maximum absolute atomic E-state index is 12.2. The molecule has 1 aromatic carbocycles. The highest BCUT2D eigenvalue weighted by atomic mass is 35.5. The van der Waals surface area contributed by atoms with E-state index < -0.39 is 11.9 Å². The third-order valence-electron chi connectivity index (χ3n) is 4.29. The number of amides is 1. The fraction of sp³-hybridized carbons (Fsp3) is 0.111. The molecule has 7 nitrogen and oxygen atoms in total. The van der Waals surface area contributed by atoms with Crippen molar-refractivity contribution in [2.75, 3.05) is 5.32 Å². The smallest absolute Gasteiger partial charge is 0.248 e. The number of aromatic nitrogens is 4. The van der Waals surface area contributed by atoms with Crippen LogP contribution in [-0.4, -0.2) is 25.7 Å². The van der Waals surface area contributed by atoms with Crippen molar-refractivity contribution in [2.24, 2.45) is 5.73 Å². The minimum Gasteiger partial charge on any atom is -0.366 e. The van der Waals surface area contributed by atoms with Crippen molar-refractivity contribution >= 4 is 35.1 Å². The van der Waals surface area contributed by atoms with Gasteiger partial charge in [0.15, 0.2) is 5.82 Å². The van der Waals surface area contributed by atoms with E-state index in [0.29, 0.717) is 38.7 Å². The number of carbonyl (C=O) groups is 1. The van der Waals surface area contributed by atoms with Crippen LogP contribution in [0.4, 0.5) is 5.95 Å². The summed E-state index contributed by atoms with van der Waals surface area (Å²) in [6.45, 7) is 1.76. The van der Waals surface area contributed by atoms with Crippen molar-refractivity contribution in [3.63, 3.8) is 0 Å². The molecule has 3 aromatic rings. The lowest BCUT2D eigenvalue weighted by atomic mass is 9.95. The summed E-state index contributed by atoms with van der Waals surface area (Å²) >= 11 is 12.4. The van der Waals surface area contributed by atoms with Crippen LogP contribution < -0.4 is 11.1 Å². The number of nitrogens with two attached hydrogens (primary N) is 1. The highest BCUT2D eigenvalue weighted by molar-refractivity contribution is 6.35. The number of nitrogens with zero attached hydrogens (tertiary/aromatic N) is 4. The molecular weight excluding hydrogens is 387 g/mol. The highest BCUT2D eigenvalue weighted by Gasteiger charge is 2.34. The van der Waals surface area contributed by atoms with E-state index in [4.69, 9.17) is 28.9 Å². The molecule has 0 aliphatic carbocycles. The summed E-state index contributed by atoms with van der Waals surface area (Å²) in [6.07, 6.45) is 3.34. The molecule has 0 bridgehead atoms. The van der Waals surface area contributed by atoms with Crippen LogP contribution in [0.3, 0.4) is 0 Å². The molecule has 27 heavy (non-hydrogen) atoms. The van der Waals surface area contributed by atoms with Crippen LogP contribution in [0.1, 0.15) is 18.5 Å². The minimum atomic E-state index is -0.624. The zero-order chi connectivity index (χ0) is 19.1. The summed E-state index contributed by atoms with van der Waals surface area (Å²) < 4.78 is 1.60. The van der Waals surface area contributed by atoms with Gasteiger partial charge >= 0.3 is 0 Å². The first-order valence-corrected chi connectivity index (χ1v) is 8.81. The number of carbonyl (C=O) groups excluding carboxylic acids is 1. The van der Waals surface area contributed by atoms with Crippen molar-refractivity contribution in [3.05, 3.63) is 69.6 Å². The standard InChI is InChI=1S/C18H14Cl2N6O/c1-9-14(16(21)27)15(12-5-4-11(19)7-13(12)20)26-18(23-9)24-17(25-26)10-3-2-6-22-8-10/h2-8,15H,1H3,(H2,21,27)(H,23,24,25). The van der Waals surface area contributed by atoms with Crippen molar-refractivity contribution in [1.82, 2.24) is 19.7 Å². The Morgan fingerprint density at radius 3 is 2.78 bits per heavy atom. The number of benzene rings is 1. The quantitative estimate of drug-likeness (QED) is 0.701. The monoisotopic (exact) mass is 400 g/mol. The molecule has 1 atom stereocenters. The van der Waals surface area contributed by atoms with Crippen LogP contribution >= 0.6 is 23.2 Å². The minimum absolute atomic E-state index is 0.356. The van der Waals surface area contributed by atoms with Gasteiger partial charge in [0.05, 0.1) is 5.57 Å². The van der Waals surface area contributed by atoms with Crippen LogP contribution in [0.2, 0.25) is 10.0 Å². The molecule has 3 heterocycles. The number of hydrogen-bond donors (Lipinski definition) is 2. The largest absolute Gasteiger partial charge is 0.366 e. The summed E-state index contributed by atoms with van der Waals surface area (Å²) in [6, 6.07) is 8.11. The van der Waals surface area contributed by atoms with Gasteiger partial charge in [-0.3, -0.25) is 9.78 Å². The van der Waals surface area contributed by atoms with Crippen molar-refractivity contribution in [1.29, 1.82) is 0 Å². The van der Waals surface area contributed by atoms with Crippen LogP contribution in [0.25, 0.3) is 11.4 Å². The lowest BCUT2D eigenvalue weighted by molar-refractivity contribution is -0.115. The Balaban J connectivity index is 1.92. The van der Waals surface area contributed by atoms with Gasteiger partial charge in [-0.2, -0.15) is 4.98 Å². The van der Waals surface area contributed by atoms with E-state index in [0.717, 1.165) is 5.56 Å². The Kier molecular flexibility index (Phi) is 4.33. The lowest BCUT2D eigenvalue weighted by Gasteiger charge is -2.28. The number of allylic oxidation sites excluding steroid dienone is 1. The topological polar surface area (TPSA) is 98.7 Å². The van der Waals surface area contributed by atoms with Gasteiger partial charge < -0.3 is 11.1 Å². The number of fused-ring (bicyclic) bond motifs is 1. The number of rotatable bonds is 3. The van der Waals surface area contributed by atoms with E-state index >= 15 is 0 Å². The second-order valence-electron chi connectivity index (χ2n) is 6.04. The molecule has 4 rings (SSSR count). The molecule has 0 fully saturated rings. The Morgan fingerprint density at radius 1 is 1.30 bits per heavy atom. The first kappa shape index (κ1) is 17.5. The Morgan fingerprint density at radius 2 is 2.11 bits per heavy atom. The average molecular weight is 401 g/mol. The third kappa shape index (κ3) is 3.05. The molecule has 2 aromatic heterocycles. The third-order valence-corrected chi connectivity index (χ3v) is 4.86. The molecule has 9 heteroatoms. The second kappa shape index (κ2) is 6.68. The molecule has 3 N–H and O–H groups in total. The second-order valence-corrected chi connectivity index (χ2v) is 6.89. The number of halogens is 2. The van der Waals surface area contributed by atoms with E-state index in [2.05, 4.69) is 20.4 Å². The van der Waals surface area contributed by atoms with Crippen LogP contribution in [0.15, 0.2) is 54.0 Å². The molecule has 0 saturated heterocycles.